The third kappa shape index (κ3) is 3.76. The zero-order valence-electron chi connectivity index (χ0n) is 8.93. The topological polar surface area (TPSA) is 113 Å². The zero-order valence-corrected chi connectivity index (χ0v) is 10.4. The van der Waals surface area contributed by atoms with Crippen LogP contribution in [0, 0.1) is 0 Å². The van der Waals surface area contributed by atoms with Crippen LogP contribution < -0.4 is 11.1 Å². The monoisotopic (exact) mass is 292 g/mol. The fourth-order valence-electron chi connectivity index (χ4n) is 1.26. The first-order chi connectivity index (χ1) is 8.31. The van der Waals surface area contributed by atoms with Crippen molar-refractivity contribution in [3.05, 3.63) is 28.2 Å². The molecule has 0 amide bonds. The Kier molecular flexibility index (Phi) is 4.77. The van der Waals surface area contributed by atoms with E-state index >= 15 is 0 Å². The number of hydrogen-bond donors (Lipinski definition) is 4. The Morgan fingerprint density at radius 2 is 1.61 bits per heavy atom. The summed E-state index contributed by atoms with van der Waals surface area (Å²) in [5.41, 5.74) is 5.55. The Morgan fingerprint density at radius 1 is 1.11 bits per heavy atom. The Labute approximate surface area is 112 Å². The van der Waals surface area contributed by atoms with Crippen molar-refractivity contribution < 1.29 is 19.8 Å². The first kappa shape index (κ1) is 14.6. The first-order valence-electron chi connectivity index (χ1n) is 4.75. The zero-order chi connectivity index (χ0) is 13.9. The molecule has 0 bridgehead atoms. The molecule has 0 aliphatic heterocycles. The van der Waals surface area contributed by atoms with Crippen LogP contribution in [0.4, 0.5) is 5.69 Å². The molecule has 6 nitrogen and oxygen atoms in total. The summed E-state index contributed by atoms with van der Waals surface area (Å²) in [6, 6.07) is 1.20. The Balaban J connectivity index is 2.96. The van der Waals surface area contributed by atoms with Gasteiger partial charge in [0.2, 0.25) is 0 Å². The van der Waals surface area contributed by atoms with Gasteiger partial charge in [-0.25, -0.2) is 4.79 Å². The lowest BCUT2D eigenvalue weighted by molar-refractivity contribution is -0.145. The number of halogens is 2. The molecule has 0 aromatic heterocycles. The van der Waals surface area contributed by atoms with Crippen molar-refractivity contribution >= 4 is 40.8 Å². The highest BCUT2D eigenvalue weighted by Crippen LogP contribution is 2.23. The summed E-state index contributed by atoms with van der Waals surface area (Å²) in [6.45, 7) is 0. The minimum atomic E-state index is -1.60. The van der Waals surface area contributed by atoms with E-state index in [2.05, 4.69) is 5.32 Å². The average Bonchev–Trinajstić information content (AvgIpc) is 2.23. The molecule has 0 aliphatic carbocycles. The first-order valence-corrected chi connectivity index (χ1v) is 5.50. The molecular formula is C10H10Cl2N2O4. The van der Waals surface area contributed by atoms with Crippen LogP contribution >= 0.6 is 23.2 Å². The molecule has 0 saturated carbocycles. The SMILES string of the molecule is N[C@H](C(=O)O)C(Nc1cc(Cl)cc(Cl)c1)C(=O)O. The van der Waals surface area contributed by atoms with Crippen molar-refractivity contribution in [1.29, 1.82) is 0 Å². The number of carbonyl (C=O) groups is 2. The molecule has 0 radical (unpaired) electrons. The Morgan fingerprint density at radius 3 is 2.00 bits per heavy atom. The molecule has 0 aliphatic rings. The van der Waals surface area contributed by atoms with Crippen molar-refractivity contribution in [2.75, 3.05) is 5.32 Å². The standard InChI is InChI=1S/C10H10Cl2N2O4/c11-4-1-5(12)3-6(2-4)14-8(10(17)18)7(13)9(15)16/h1-3,7-8,14H,13H2,(H,15,16)(H,17,18)/t7-,8?/m0/s1. The number of benzene rings is 1. The number of hydrogen-bond acceptors (Lipinski definition) is 4. The summed E-state index contributed by atoms with van der Waals surface area (Å²) in [5.74, 6) is -2.82. The second-order valence-corrected chi connectivity index (χ2v) is 4.36. The molecule has 0 spiro atoms. The number of nitrogens with two attached hydrogens (primary N) is 1. The quantitative estimate of drug-likeness (QED) is 0.650. The lowest BCUT2D eigenvalue weighted by Crippen LogP contribution is -2.50. The number of carboxylic acid groups (broad SMARTS) is 2. The van der Waals surface area contributed by atoms with Crippen LogP contribution in [0.3, 0.4) is 0 Å². The highest BCUT2D eigenvalue weighted by atomic mass is 35.5. The van der Waals surface area contributed by atoms with Gasteiger partial charge >= 0.3 is 11.9 Å². The van der Waals surface area contributed by atoms with Crippen molar-refractivity contribution in [2.24, 2.45) is 5.73 Å². The third-order valence-corrected chi connectivity index (χ3v) is 2.53. The molecule has 98 valence electrons. The fourth-order valence-corrected chi connectivity index (χ4v) is 1.79. The van der Waals surface area contributed by atoms with Crippen molar-refractivity contribution in [1.82, 2.24) is 0 Å². The van der Waals surface area contributed by atoms with Gasteiger partial charge in [0.15, 0.2) is 6.04 Å². The van der Waals surface area contributed by atoms with Crippen LogP contribution in [0.5, 0.6) is 0 Å². The van der Waals surface area contributed by atoms with Crippen LogP contribution in [0.2, 0.25) is 10.0 Å². The van der Waals surface area contributed by atoms with Gasteiger partial charge in [0.25, 0.3) is 0 Å². The number of rotatable bonds is 5. The molecule has 2 atom stereocenters. The Bertz CT molecular complexity index is 461. The minimum Gasteiger partial charge on any atom is -0.480 e. The van der Waals surface area contributed by atoms with Crippen LogP contribution in [0.15, 0.2) is 18.2 Å². The molecule has 1 aromatic carbocycles. The summed E-state index contributed by atoms with van der Waals surface area (Å²) >= 11 is 11.5. The maximum atomic E-state index is 10.9. The molecule has 0 fully saturated rings. The highest BCUT2D eigenvalue weighted by Gasteiger charge is 2.30. The van der Waals surface area contributed by atoms with E-state index in [0.29, 0.717) is 0 Å². The van der Waals surface area contributed by atoms with E-state index in [1.54, 1.807) is 0 Å². The van der Waals surface area contributed by atoms with Gasteiger partial charge in [-0.05, 0) is 18.2 Å². The molecule has 1 unspecified atom stereocenters. The Hall–Kier alpha value is -1.50. The van der Waals surface area contributed by atoms with E-state index in [-0.39, 0.29) is 15.7 Å². The van der Waals surface area contributed by atoms with E-state index in [0.717, 1.165) is 0 Å². The van der Waals surface area contributed by atoms with Gasteiger partial charge in [-0.3, -0.25) is 4.79 Å². The largest absolute Gasteiger partial charge is 0.480 e. The number of anilines is 1. The smallest absolute Gasteiger partial charge is 0.328 e. The molecule has 0 heterocycles. The van der Waals surface area contributed by atoms with Gasteiger partial charge in [0, 0.05) is 15.7 Å². The summed E-state index contributed by atoms with van der Waals surface area (Å²) in [7, 11) is 0. The maximum Gasteiger partial charge on any atom is 0.328 e. The predicted molar refractivity (Wildman–Crippen MR) is 67.1 cm³/mol. The third-order valence-electron chi connectivity index (χ3n) is 2.10. The van der Waals surface area contributed by atoms with Crippen molar-refractivity contribution in [3.8, 4) is 0 Å². The molecule has 0 saturated heterocycles. The second-order valence-electron chi connectivity index (χ2n) is 3.48. The van der Waals surface area contributed by atoms with Gasteiger partial charge in [-0.15, -0.1) is 0 Å². The maximum absolute atomic E-state index is 10.9. The molecule has 1 rings (SSSR count). The summed E-state index contributed by atoms with van der Waals surface area (Å²) < 4.78 is 0. The number of aliphatic carboxylic acids is 2. The van der Waals surface area contributed by atoms with E-state index in [9.17, 15) is 9.59 Å². The van der Waals surface area contributed by atoms with E-state index in [1.165, 1.54) is 18.2 Å². The molecule has 8 heteroatoms. The number of carboxylic acids is 2. The fraction of sp³-hybridized carbons (Fsp3) is 0.200. The molecule has 5 N–H and O–H groups in total. The van der Waals surface area contributed by atoms with Gasteiger partial charge < -0.3 is 21.3 Å². The second kappa shape index (κ2) is 5.90. The van der Waals surface area contributed by atoms with Crippen LogP contribution in [0.25, 0.3) is 0 Å². The van der Waals surface area contributed by atoms with Crippen LogP contribution in [0.1, 0.15) is 0 Å². The average molecular weight is 293 g/mol. The van der Waals surface area contributed by atoms with Gasteiger partial charge in [0.1, 0.15) is 6.04 Å². The summed E-state index contributed by atoms with van der Waals surface area (Å²) in [6.07, 6.45) is 0. The van der Waals surface area contributed by atoms with Gasteiger partial charge in [-0.2, -0.15) is 0 Å². The van der Waals surface area contributed by atoms with E-state index in [1.807, 2.05) is 0 Å². The van der Waals surface area contributed by atoms with Crippen molar-refractivity contribution in [3.63, 3.8) is 0 Å². The summed E-state index contributed by atoms with van der Waals surface area (Å²) in [5, 5.41) is 20.7. The summed E-state index contributed by atoms with van der Waals surface area (Å²) in [4.78, 5) is 21.6. The van der Waals surface area contributed by atoms with Gasteiger partial charge in [0.05, 0.1) is 0 Å². The lowest BCUT2D eigenvalue weighted by atomic mass is 10.1. The van der Waals surface area contributed by atoms with Crippen LogP contribution in [-0.2, 0) is 9.59 Å². The van der Waals surface area contributed by atoms with Crippen molar-refractivity contribution in [2.45, 2.75) is 12.1 Å². The lowest BCUT2D eigenvalue weighted by Gasteiger charge is -2.19. The molecule has 18 heavy (non-hydrogen) atoms. The van der Waals surface area contributed by atoms with Crippen LogP contribution in [-0.4, -0.2) is 34.2 Å². The normalized spacial score (nSPS) is 13.7. The predicted octanol–water partition coefficient (Wildman–Crippen LogP) is 1.27. The van der Waals surface area contributed by atoms with Gasteiger partial charge in [-0.1, -0.05) is 23.2 Å². The van der Waals surface area contributed by atoms with E-state index in [4.69, 9.17) is 39.1 Å². The highest BCUT2D eigenvalue weighted by molar-refractivity contribution is 6.35. The molecule has 1 aromatic rings. The number of nitrogens with one attached hydrogen (secondary N) is 1. The van der Waals surface area contributed by atoms with E-state index < -0.39 is 24.0 Å². The molecular weight excluding hydrogens is 283 g/mol. The minimum absolute atomic E-state index is 0.275.